The third kappa shape index (κ3) is 3.49. The van der Waals surface area contributed by atoms with E-state index in [0.717, 1.165) is 6.92 Å². The van der Waals surface area contributed by atoms with Gasteiger partial charge in [-0.05, 0) is 12.1 Å². The first-order valence-corrected chi connectivity index (χ1v) is 3.62. The minimum absolute atomic E-state index is 0. The maximum Gasteiger partial charge on any atom is 1.00 e. The van der Waals surface area contributed by atoms with Gasteiger partial charge >= 0.3 is 41.5 Å². The molecular weight excluding hydrogens is 195 g/mol. The summed E-state index contributed by atoms with van der Waals surface area (Å²) in [7, 11) is 0. The molecule has 1 aromatic rings. The normalized spacial score (nSPS) is 8.64. The Kier molecular flexibility index (Phi) is 5.45. The molecule has 1 N–H and O–H groups in total. The molecule has 5 heteroatoms. The van der Waals surface area contributed by atoms with E-state index in [4.69, 9.17) is 0 Å². The van der Waals surface area contributed by atoms with Crippen LogP contribution in [0.25, 0.3) is 0 Å². The topological polar surface area (TPSA) is 63.6 Å². The summed E-state index contributed by atoms with van der Waals surface area (Å²) in [5.41, 5.74) is -0.0160. The Labute approximate surface area is 105 Å². The number of para-hydroxylation sites is 1. The summed E-state index contributed by atoms with van der Waals surface area (Å²) >= 11 is 0. The third-order valence-corrected chi connectivity index (χ3v) is 1.36. The number of aromatic hydroxyl groups is 1. The zero-order chi connectivity index (χ0) is 9.84. The molecule has 0 radical (unpaired) electrons. The average molecular weight is 204 g/mol. The van der Waals surface area contributed by atoms with Gasteiger partial charge in [0.25, 0.3) is 0 Å². The van der Waals surface area contributed by atoms with Gasteiger partial charge in [-0.1, -0.05) is 12.1 Å². The van der Waals surface area contributed by atoms with E-state index in [-0.39, 0.29) is 42.3 Å². The number of benzene rings is 1. The molecule has 1 aromatic carbocycles. The van der Waals surface area contributed by atoms with Crippen LogP contribution in [0.5, 0.6) is 5.75 Å². The van der Waals surface area contributed by atoms with Crippen LogP contribution >= 0.6 is 0 Å². The van der Waals surface area contributed by atoms with E-state index in [9.17, 15) is 14.7 Å². The number of hydrogen-bond donors (Lipinski definition) is 1. The molecule has 70 valence electrons. The fourth-order valence-electron chi connectivity index (χ4n) is 0.832. The van der Waals surface area contributed by atoms with Crippen LogP contribution in [-0.2, 0) is 9.53 Å². The van der Waals surface area contributed by atoms with Crippen LogP contribution in [0, 0.1) is 0 Å². The minimum Gasteiger partial charge on any atom is -1.00 e. The average Bonchev–Trinajstić information content (AvgIpc) is 2.03. The summed E-state index contributed by atoms with van der Waals surface area (Å²) in [6.45, 7) is 1.12. The van der Waals surface area contributed by atoms with Crippen molar-refractivity contribution < 1.29 is 50.4 Å². The molecule has 0 fully saturated rings. The van der Waals surface area contributed by atoms with Gasteiger partial charge in [0.05, 0.1) is 0 Å². The first kappa shape index (κ1) is 13.2. The fourth-order valence-corrected chi connectivity index (χ4v) is 0.832. The van der Waals surface area contributed by atoms with Crippen molar-refractivity contribution in [2.75, 3.05) is 0 Å². The molecule has 1 rings (SSSR count). The molecule has 0 aliphatic carbocycles. The van der Waals surface area contributed by atoms with Crippen LogP contribution in [0.15, 0.2) is 24.3 Å². The van der Waals surface area contributed by atoms with Crippen LogP contribution in [0.3, 0.4) is 0 Å². The van der Waals surface area contributed by atoms with Crippen molar-refractivity contribution in [1.82, 2.24) is 0 Å². The molecule has 0 spiro atoms. The van der Waals surface area contributed by atoms with Crippen LogP contribution in [-0.4, -0.2) is 17.0 Å². The summed E-state index contributed by atoms with van der Waals surface area (Å²) in [6.07, 6.45) is 0. The number of hydrogen-bond acceptors (Lipinski definition) is 4. The Hall–Kier alpha value is -0.840. The first-order valence-electron chi connectivity index (χ1n) is 3.62. The SMILES string of the molecule is CC(=O)OC(=O)c1ccccc1O.[H-].[Na+]. The Morgan fingerprint density at radius 2 is 1.93 bits per heavy atom. The standard InChI is InChI=1S/C9H8O4.Na.H/c1-6(10)13-9(12)7-4-2-3-5-8(7)11;;/h2-5,11H,1H3;;/q;+1;-1. The molecule has 14 heavy (non-hydrogen) atoms. The van der Waals surface area contributed by atoms with E-state index >= 15 is 0 Å². The third-order valence-electron chi connectivity index (χ3n) is 1.36. The molecule has 0 saturated heterocycles. The van der Waals surface area contributed by atoms with Gasteiger partial charge in [-0.25, -0.2) is 4.79 Å². The Balaban J connectivity index is 0. The van der Waals surface area contributed by atoms with Crippen molar-refractivity contribution in [2.24, 2.45) is 0 Å². The van der Waals surface area contributed by atoms with Gasteiger partial charge < -0.3 is 11.3 Å². The van der Waals surface area contributed by atoms with E-state index in [2.05, 4.69) is 4.74 Å². The fraction of sp³-hybridized carbons (Fsp3) is 0.111. The zero-order valence-electron chi connectivity index (χ0n) is 8.98. The maximum atomic E-state index is 11.1. The van der Waals surface area contributed by atoms with Gasteiger partial charge in [-0.3, -0.25) is 4.79 Å². The predicted molar refractivity (Wildman–Crippen MR) is 45.3 cm³/mol. The van der Waals surface area contributed by atoms with Crippen molar-refractivity contribution in [3.63, 3.8) is 0 Å². The predicted octanol–water partition coefficient (Wildman–Crippen LogP) is -1.79. The molecule has 0 aromatic heterocycles. The van der Waals surface area contributed by atoms with Crippen molar-refractivity contribution in [3.05, 3.63) is 29.8 Å². The summed E-state index contributed by atoms with van der Waals surface area (Å²) in [4.78, 5) is 21.5. The quantitative estimate of drug-likeness (QED) is 0.333. The molecule has 0 unspecified atom stereocenters. The van der Waals surface area contributed by atoms with Crippen molar-refractivity contribution in [2.45, 2.75) is 6.92 Å². The molecule has 0 bridgehead atoms. The summed E-state index contributed by atoms with van der Waals surface area (Å²) in [5.74, 6) is -1.74. The number of phenolic OH excluding ortho intramolecular Hbond substituents is 1. The maximum absolute atomic E-state index is 11.1. The van der Waals surface area contributed by atoms with Gasteiger partial charge in [0.1, 0.15) is 11.3 Å². The monoisotopic (exact) mass is 204 g/mol. The Bertz CT molecular complexity index is 354. The summed E-state index contributed by atoms with van der Waals surface area (Å²) in [6, 6.07) is 5.85. The number of ether oxygens (including phenoxy) is 1. The van der Waals surface area contributed by atoms with Crippen molar-refractivity contribution >= 4 is 11.9 Å². The Morgan fingerprint density at radius 1 is 1.36 bits per heavy atom. The van der Waals surface area contributed by atoms with E-state index < -0.39 is 11.9 Å². The van der Waals surface area contributed by atoms with Gasteiger partial charge in [0, 0.05) is 6.92 Å². The van der Waals surface area contributed by atoms with E-state index in [1.54, 1.807) is 12.1 Å². The van der Waals surface area contributed by atoms with E-state index in [1.807, 2.05) is 0 Å². The number of carbonyl (C=O) groups excluding carboxylic acids is 2. The summed E-state index contributed by atoms with van der Waals surface area (Å²) in [5, 5.41) is 9.18. The van der Waals surface area contributed by atoms with E-state index in [0.29, 0.717) is 0 Å². The smallest absolute Gasteiger partial charge is 1.00 e. The number of carbonyl (C=O) groups is 2. The molecule has 0 aliphatic heterocycles. The number of phenols is 1. The molecular formula is C9H9NaO4. The Morgan fingerprint density at radius 3 is 2.43 bits per heavy atom. The van der Waals surface area contributed by atoms with Crippen LogP contribution in [0.1, 0.15) is 18.7 Å². The molecule has 0 aliphatic rings. The van der Waals surface area contributed by atoms with Gasteiger partial charge in [-0.2, -0.15) is 0 Å². The second-order valence-electron chi connectivity index (χ2n) is 2.40. The first-order chi connectivity index (χ1) is 6.11. The molecule has 0 saturated carbocycles. The summed E-state index contributed by atoms with van der Waals surface area (Å²) < 4.78 is 4.28. The van der Waals surface area contributed by atoms with Crippen molar-refractivity contribution in [1.29, 1.82) is 0 Å². The van der Waals surface area contributed by atoms with Gasteiger partial charge in [0.15, 0.2) is 0 Å². The van der Waals surface area contributed by atoms with Crippen molar-refractivity contribution in [3.8, 4) is 5.75 Å². The van der Waals surface area contributed by atoms with Crippen LogP contribution in [0.2, 0.25) is 0 Å². The van der Waals surface area contributed by atoms with Gasteiger partial charge in [-0.15, -0.1) is 0 Å². The molecule has 0 heterocycles. The number of rotatable bonds is 1. The largest absolute Gasteiger partial charge is 1.00 e. The minimum atomic E-state index is -0.842. The molecule has 0 atom stereocenters. The zero-order valence-corrected chi connectivity index (χ0v) is 9.98. The second-order valence-corrected chi connectivity index (χ2v) is 2.40. The second kappa shape index (κ2) is 5.80. The van der Waals surface area contributed by atoms with Crippen LogP contribution < -0.4 is 29.6 Å². The molecule has 4 nitrogen and oxygen atoms in total. The van der Waals surface area contributed by atoms with E-state index in [1.165, 1.54) is 12.1 Å². The molecule has 0 amide bonds. The van der Waals surface area contributed by atoms with Gasteiger partial charge in [0.2, 0.25) is 0 Å². The van der Waals surface area contributed by atoms with Crippen LogP contribution in [0.4, 0.5) is 0 Å². The number of esters is 2.